The van der Waals surface area contributed by atoms with E-state index in [2.05, 4.69) is 60.6 Å². The number of fused-ring (bicyclic) bond motifs is 2. The number of likely N-dealkylation sites (N-methyl/N-ethyl adjacent to an activating group) is 1. The van der Waals surface area contributed by atoms with Gasteiger partial charge in [0.2, 0.25) is 24.2 Å². The second-order valence-corrected chi connectivity index (χ2v) is 19.5. The van der Waals surface area contributed by atoms with E-state index in [1.165, 1.54) is 19.3 Å². The smallest absolute Gasteiger partial charge is 0.239 e. The Labute approximate surface area is 354 Å². The number of piperidine rings is 2. The largest absolute Gasteiger partial charge is 0.371 e. The Kier molecular flexibility index (Phi) is 12.7. The monoisotopic (exact) mass is 828 g/mol. The standard InChI is InChI=1S/C44H64N10O4S/c1-30-6-5-7-37(30)54-41-36(44(17-18-44)42(54)58)25-46-43(48-41)47-32-14-22-53(23-15-32)59-35-16-19-51(27-35)26-31-12-20-52(21-13-31)33-8-10-38(39(24-33)49(3)29-56)50(4)34(28-55)9-11-40(57)45-2/h8,10,24-25,28-32,34-35,37H,5-7,9,11-23,26-27H2,1-4H3,(H,45,57)(H,46,47,48). The van der Waals surface area contributed by atoms with Gasteiger partial charge in [-0.1, -0.05) is 25.3 Å². The first-order valence-electron chi connectivity index (χ1n) is 22.2. The van der Waals surface area contributed by atoms with Crippen LogP contribution in [0.25, 0.3) is 0 Å². The number of likely N-dealkylation sites (tertiary alicyclic amines) is 1. The van der Waals surface area contributed by atoms with Gasteiger partial charge >= 0.3 is 0 Å². The molecule has 1 aromatic carbocycles. The summed E-state index contributed by atoms with van der Waals surface area (Å²) in [4.78, 5) is 69.8. The molecule has 6 aliphatic rings. The summed E-state index contributed by atoms with van der Waals surface area (Å²) in [5, 5.41) is 6.90. The first kappa shape index (κ1) is 41.8. The molecular formula is C44H64N10O4S. The summed E-state index contributed by atoms with van der Waals surface area (Å²) in [5.74, 6) is 2.89. The van der Waals surface area contributed by atoms with Gasteiger partial charge in [0.15, 0.2) is 0 Å². The van der Waals surface area contributed by atoms with Gasteiger partial charge in [0.1, 0.15) is 12.1 Å². The van der Waals surface area contributed by atoms with Crippen LogP contribution in [-0.2, 0) is 24.6 Å². The number of hydrogen-bond donors (Lipinski definition) is 2. The van der Waals surface area contributed by atoms with Crippen molar-refractivity contribution in [2.45, 2.75) is 113 Å². The molecule has 2 N–H and O–H groups in total. The van der Waals surface area contributed by atoms with Gasteiger partial charge in [-0.05, 0) is 101 Å². The number of carbonyl (C=O) groups is 4. The summed E-state index contributed by atoms with van der Waals surface area (Å²) in [5.41, 5.74) is 3.32. The summed E-state index contributed by atoms with van der Waals surface area (Å²) in [6.07, 6.45) is 15.2. The fraction of sp³-hybridized carbons (Fsp3) is 0.682. The third kappa shape index (κ3) is 8.79. The first-order valence-corrected chi connectivity index (χ1v) is 23.0. The highest BCUT2D eigenvalue weighted by atomic mass is 32.2. The Morgan fingerprint density at radius 1 is 1.02 bits per heavy atom. The van der Waals surface area contributed by atoms with Gasteiger partial charge in [-0.25, -0.2) is 4.98 Å². The van der Waals surface area contributed by atoms with Gasteiger partial charge < -0.3 is 35.0 Å². The molecule has 4 unspecified atom stereocenters. The van der Waals surface area contributed by atoms with Gasteiger partial charge in [0.25, 0.3) is 0 Å². The highest BCUT2D eigenvalue weighted by molar-refractivity contribution is 7.97. The van der Waals surface area contributed by atoms with E-state index in [0.29, 0.717) is 35.5 Å². The first-order chi connectivity index (χ1) is 28.6. The molecule has 4 atom stereocenters. The molecule has 5 heterocycles. The zero-order valence-corrected chi connectivity index (χ0v) is 36.3. The Morgan fingerprint density at radius 2 is 1.80 bits per heavy atom. The number of hydrogen-bond acceptors (Lipinski definition) is 12. The maximum atomic E-state index is 13.7. The van der Waals surface area contributed by atoms with Crippen molar-refractivity contribution in [1.29, 1.82) is 0 Å². The minimum Gasteiger partial charge on any atom is -0.371 e. The Hall–Kier alpha value is -3.95. The van der Waals surface area contributed by atoms with E-state index in [0.717, 1.165) is 132 Å². The van der Waals surface area contributed by atoms with Crippen LogP contribution in [0.2, 0.25) is 0 Å². The topological polar surface area (TPSA) is 138 Å². The summed E-state index contributed by atoms with van der Waals surface area (Å²) in [6, 6.07) is 6.25. The van der Waals surface area contributed by atoms with Crippen molar-refractivity contribution in [3.63, 3.8) is 0 Å². The van der Waals surface area contributed by atoms with Gasteiger partial charge in [-0.2, -0.15) is 4.98 Å². The number of nitrogens with one attached hydrogen (secondary N) is 2. The van der Waals surface area contributed by atoms with Crippen molar-refractivity contribution in [3.05, 3.63) is 30.0 Å². The summed E-state index contributed by atoms with van der Waals surface area (Å²) in [6.45, 7) is 9.77. The average Bonchev–Trinajstić information content (AvgIpc) is 3.68. The predicted molar refractivity (Wildman–Crippen MR) is 235 cm³/mol. The molecular weight excluding hydrogens is 765 g/mol. The Morgan fingerprint density at radius 3 is 2.47 bits per heavy atom. The van der Waals surface area contributed by atoms with Crippen LogP contribution in [0.3, 0.4) is 0 Å². The van der Waals surface area contributed by atoms with Crippen molar-refractivity contribution in [1.82, 2.24) is 24.5 Å². The molecule has 2 aromatic rings. The maximum Gasteiger partial charge on any atom is 0.239 e. The fourth-order valence-electron chi connectivity index (χ4n) is 10.4. The molecule has 2 saturated carbocycles. The molecule has 0 bridgehead atoms. The number of benzene rings is 1. The van der Waals surface area contributed by atoms with Crippen molar-refractivity contribution in [2.75, 3.05) is 91.9 Å². The lowest BCUT2D eigenvalue weighted by molar-refractivity contribution is -0.121. The Bertz CT molecular complexity index is 1850. The van der Waals surface area contributed by atoms with Crippen molar-refractivity contribution < 1.29 is 19.2 Å². The molecule has 8 rings (SSSR count). The second-order valence-electron chi connectivity index (χ2n) is 18.1. The van der Waals surface area contributed by atoms with Gasteiger partial charge in [-0.15, -0.1) is 0 Å². The average molecular weight is 829 g/mol. The molecule has 2 aliphatic carbocycles. The van der Waals surface area contributed by atoms with E-state index in [1.807, 2.05) is 24.2 Å². The van der Waals surface area contributed by atoms with Crippen LogP contribution in [0, 0.1) is 11.8 Å². The predicted octanol–water partition coefficient (Wildman–Crippen LogP) is 4.68. The molecule has 0 radical (unpaired) electrons. The third-order valence-corrected chi connectivity index (χ3v) is 15.7. The van der Waals surface area contributed by atoms with Crippen LogP contribution < -0.4 is 30.2 Å². The number of amides is 3. The zero-order chi connectivity index (χ0) is 41.3. The van der Waals surface area contributed by atoms with Crippen molar-refractivity contribution >= 4 is 65.3 Å². The highest BCUT2D eigenvalue weighted by Gasteiger charge is 2.62. The van der Waals surface area contributed by atoms with Gasteiger partial charge in [0.05, 0.1) is 22.8 Å². The van der Waals surface area contributed by atoms with Crippen LogP contribution in [0.1, 0.15) is 89.5 Å². The van der Waals surface area contributed by atoms with E-state index in [4.69, 9.17) is 9.97 Å². The third-order valence-electron chi connectivity index (χ3n) is 14.3. The van der Waals surface area contributed by atoms with Crippen LogP contribution >= 0.6 is 11.9 Å². The van der Waals surface area contributed by atoms with Crippen LogP contribution in [0.4, 0.5) is 28.8 Å². The molecule has 14 nitrogen and oxygen atoms in total. The lowest BCUT2D eigenvalue weighted by atomic mass is 9.95. The number of rotatable bonds is 16. The van der Waals surface area contributed by atoms with Crippen LogP contribution in [0.5, 0.6) is 0 Å². The fourth-order valence-corrected chi connectivity index (χ4v) is 11.7. The SMILES string of the molecule is CNC(=O)CCC(C=O)N(C)c1ccc(N2CCC(CN3CCC(SN4CCC(Nc5ncc6c(n5)N(C5CCCC5C)C(=O)C65CC5)CC4)C3)CC2)cc1N(C)C=O. The molecule has 1 aromatic heterocycles. The number of nitrogens with zero attached hydrogens (tertiary/aromatic N) is 8. The van der Waals surface area contributed by atoms with Crippen LogP contribution in [0.15, 0.2) is 24.4 Å². The maximum absolute atomic E-state index is 13.7. The van der Waals surface area contributed by atoms with Crippen LogP contribution in [-0.4, -0.2) is 134 Å². The minimum absolute atomic E-state index is 0.103. The van der Waals surface area contributed by atoms with Gasteiger partial charge in [0, 0.05) is 102 Å². The van der Waals surface area contributed by atoms with E-state index >= 15 is 0 Å². The number of anilines is 5. The molecule has 320 valence electrons. The highest BCUT2D eigenvalue weighted by Crippen LogP contribution is 2.58. The second kappa shape index (κ2) is 18.0. The molecule has 4 aliphatic heterocycles. The van der Waals surface area contributed by atoms with Crippen molar-refractivity contribution in [3.8, 4) is 0 Å². The van der Waals surface area contributed by atoms with E-state index in [-0.39, 0.29) is 29.7 Å². The summed E-state index contributed by atoms with van der Waals surface area (Å²) in [7, 11) is 5.17. The van der Waals surface area contributed by atoms with Crippen molar-refractivity contribution in [2.24, 2.45) is 11.8 Å². The quantitative estimate of drug-likeness (QED) is 0.180. The summed E-state index contributed by atoms with van der Waals surface area (Å²) < 4.78 is 2.58. The number of aromatic nitrogens is 2. The molecule has 15 heteroatoms. The number of carbonyl (C=O) groups excluding carboxylic acids is 4. The lowest BCUT2D eigenvalue weighted by Gasteiger charge is -2.36. The van der Waals surface area contributed by atoms with E-state index < -0.39 is 6.04 Å². The molecule has 1 spiro atoms. The lowest BCUT2D eigenvalue weighted by Crippen LogP contribution is -2.42. The normalized spacial score (nSPS) is 25.3. The number of aldehydes is 1. The molecule has 59 heavy (non-hydrogen) atoms. The molecule has 5 fully saturated rings. The van der Waals surface area contributed by atoms with E-state index in [1.54, 1.807) is 19.0 Å². The Balaban J connectivity index is 0.778. The molecule has 3 saturated heterocycles. The minimum atomic E-state index is -0.482. The zero-order valence-electron chi connectivity index (χ0n) is 35.5. The molecule has 3 amide bonds. The van der Waals surface area contributed by atoms with E-state index in [9.17, 15) is 19.2 Å². The summed E-state index contributed by atoms with van der Waals surface area (Å²) >= 11 is 2.07. The van der Waals surface area contributed by atoms with Gasteiger partial charge in [-0.3, -0.25) is 23.6 Å².